The van der Waals surface area contributed by atoms with E-state index >= 15 is 0 Å². The van der Waals surface area contributed by atoms with Gasteiger partial charge in [0.25, 0.3) is 0 Å². The van der Waals surface area contributed by atoms with Crippen LogP contribution < -0.4 is 0 Å². The zero-order valence-electron chi connectivity index (χ0n) is 11.5. The summed E-state index contributed by atoms with van der Waals surface area (Å²) in [4.78, 5) is 15.3. The molecule has 0 unspecified atom stereocenters. The second-order valence-electron chi connectivity index (χ2n) is 5.80. The van der Waals surface area contributed by atoms with E-state index in [2.05, 4.69) is 11.4 Å². The molecule has 0 saturated heterocycles. The first-order valence-corrected chi connectivity index (χ1v) is 7.28. The lowest BCUT2D eigenvalue weighted by Gasteiger charge is -2.33. The molecule has 1 aromatic rings. The largest absolute Gasteiger partial charge is 0.444 e. The van der Waals surface area contributed by atoms with Gasteiger partial charge < -0.3 is 9.64 Å². The van der Waals surface area contributed by atoms with Gasteiger partial charge in [0, 0.05) is 11.9 Å². The highest BCUT2D eigenvalue weighted by Crippen LogP contribution is 2.36. The van der Waals surface area contributed by atoms with Gasteiger partial charge in [0.15, 0.2) is 0 Å². The number of carbonyl (C=O) groups excluding carboxylic acids is 1. The Morgan fingerprint density at radius 2 is 2.22 bits per heavy atom. The monoisotopic (exact) mass is 267 g/mol. The molecule has 4 heteroatoms. The molecule has 0 bridgehead atoms. The molecule has 1 heterocycles. The van der Waals surface area contributed by atoms with E-state index in [1.165, 1.54) is 10.4 Å². The molecule has 3 nitrogen and oxygen atoms in total. The van der Waals surface area contributed by atoms with Crippen LogP contribution in [0, 0.1) is 0 Å². The number of nitrogens with zero attached hydrogens (tertiary/aromatic N) is 1. The van der Waals surface area contributed by atoms with Gasteiger partial charge in [-0.25, -0.2) is 4.79 Å². The molecule has 0 N–H and O–H groups in total. The Kier molecular flexibility index (Phi) is 3.66. The topological polar surface area (TPSA) is 29.5 Å². The number of hydrogen-bond acceptors (Lipinski definition) is 3. The van der Waals surface area contributed by atoms with E-state index in [0.717, 1.165) is 19.3 Å². The van der Waals surface area contributed by atoms with Crippen molar-refractivity contribution in [1.82, 2.24) is 4.90 Å². The van der Waals surface area contributed by atoms with Gasteiger partial charge in [-0.15, -0.1) is 11.3 Å². The third kappa shape index (κ3) is 2.86. The molecule has 0 aliphatic heterocycles. The second kappa shape index (κ2) is 4.92. The quantitative estimate of drug-likeness (QED) is 0.770. The van der Waals surface area contributed by atoms with Gasteiger partial charge in [-0.3, -0.25) is 0 Å². The molecule has 1 aliphatic rings. The molecule has 1 aliphatic carbocycles. The summed E-state index contributed by atoms with van der Waals surface area (Å²) in [5.41, 5.74) is 0.872. The smallest absolute Gasteiger partial charge is 0.410 e. The fourth-order valence-corrected chi connectivity index (χ4v) is 3.31. The van der Waals surface area contributed by atoms with Gasteiger partial charge in [0.05, 0.1) is 6.04 Å². The van der Waals surface area contributed by atoms with Crippen LogP contribution in [0.25, 0.3) is 0 Å². The van der Waals surface area contributed by atoms with Crippen molar-refractivity contribution in [3.8, 4) is 0 Å². The van der Waals surface area contributed by atoms with Crippen LogP contribution in [0.2, 0.25) is 0 Å². The van der Waals surface area contributed by atoms with Gasteiger partial charge >= 0.3 is 6.09 Å². The zero-order valence-corrected chi connectivity index (χ0v) is 12.3. The molecule has 0 radical (unpaired) electrons. The summed E-state index contributed by atoms with van der Waals surface area (Å²) in [5.74, 6) is 0. The summed E-state index contributed by atoms with van der Waals surface area (Å²) in [6, 6.07) is 2.32. The van der Waals surface area contributed by atoms with E-state index in [1.807, 2.05) is 27.8 Å². The average Bonchev–Trinajstić information content (AvgIpc) is 2.73. The Morgan fingerprint density at radius 3 is 2.89 bits per heavy atom. The Balaban J connectivity index is 2.11. The van der Waals surface area contributed by atoms with E-state index < -0.39 is 5.60 Å². The van der Waals surface area contributed by atoms with Gasteiger partial charge in [-0.1, -0.05) is 0 Å². The second-order valence-corrected chi connectivity index (χ2v) is 6.80. The van der Waals surface area contributed by atoms with Crippen LogP contribution in [-0.2, 0) is 11.2 Å². The minimum atomic E-state index is -0.433. The van der Waals surface area contributed by atoms with Crippen molar-refractivity contribution in [3.05, 3.63) is 21.9 Å². The van der Waals surface area contributed by atoms with E-state index in [-0.39, 0.29) is 12.1 Å². The fourth-order valence-electron chi connectivity index (χ4n) is 2.33. The SMILES string of the molecule is CN(C(=O)OC(C)(C)C)[C@H]1CCCc2sccc21. The van der Waals surface area contributed by atoms with Crippen LogP contribution >= 0.6 is 11.3 Å². The van der Waals surface area contributed by atoms with Crippen LogP contribution in [0.4, 0.5) is 4.79 Å². The summed E-state index contributed by atoms with van der Waals surface area (Å²) in [7, 11) is 1.84. The van der Waals surface area contributed by atoms with Crippen molar-refractivity contribution < 1.29 is 9.53 Å². The summed E-state index contributed by atoms with van der Waals surface area (Å²) >= 11 is 1.79. The lowest BCUT2D eigenvalue weighted by Crippen LogP contribution is -2.37. The minimum absolute atomic E-state index is 0.176. The van der Waals surface area contributed by atoms with Crippen LogP contribution in [0.1, 0.15) is 50.1 Å². The third-order valence-electron chi connectivity index (χ3n) is 3.17. The molecule has 100 valence electrons. The van der Waals surface area contributed by atoms with E-state index in [0.29, 0.717) is 0 Å². The number of amides is 1. The molecule has 1 amide bonds. The normalized spacial score (nSPS) is 19.2. The highest BCUT2D eigenvalue weighted by Gasteiger charge is 2.30. The number of carbonyl (C=O) groups is 1. The third-order valence-corrected chi connectivity index (χ3v) is 4.17. The Hall–Kier alpha value is -1.03. The molecular weight excluding hydrogens is 246 g/mol. The number of ether oxygens (including phenoxy) is 1. The van der Waals surface area contributed by atoms with Crippen LogP contribution in [0.15, 0.2) is 11.4 Å². The molecule has 0 saturated carbocycles. The molecule has 18 heavy (non-hydrogen) atoms. The van der Waals surface area contributed by atoms with Crippen molar-refractivity contribution in [2.24, 2.45) is 0 Å². The van der Waals surface area contributed by atoms with E-state index in [1.54, 1.807) is 16.2 Å². The molecule has 1 atom stereocenters. The fraction of sp³-hybridized carbons (Fsp3) is 0.643. The predicted molar refractivity (Wildman–Crippen MR) is 74.0 cm³/mol. The number of rotatable bonds is 1. The van der Waals surface area contributed by atoms with Gasteiger partial charge in [-0.05, 0) is 57.0 Å². The average molecular weight is 267 g/mol. The first kappa shape index (κ1) is 13.4. The predicted octanol–water partition coefficient (Wildman–Crippen LogP) is 3.99. The molecule has 0 aromatic carbocycles. The lowest BCUT2D eigenvalue weighted by molar-refractivity contribution is 0.0205. The number of thiophene rings is 1. The molecule has 1 aromatic heterocycles. The van der Waals surface area contributed by atoms with Crippen molar-refractivity contribution in [2.45, 2.75) is 51.7 Å². The number of fused-ring (bicyclic) bond motifs is 1. The Bertz CT molecular complexity index is 433. The molecule has 2 rings (SSSR count). The Morgan fingerprint density at radius 1 is 1.50 bits per heavy atom. The highest BCUT2D eigenvalue weighted by atomic mass is 32.1. The molecular formula is C14H21NO2S. The molecule has 0 spiro atoms. The number of hydrogen-bond donors (Lipinski definition) is 0. The van der Waals surface area contributed by atoms with Crippen molar-refractivity contribution in [2.75, 3.05) is 7.05 Å². The van der Waals surface area contributed by atoms with Crippen LogP contribution in [-0.4, -0.2) is 23.6 Å². The van der Waals surface area contributed by atoms with Crippen molar-refractivity contribution in [1.29, 1.82) is 0 Å². The minimum Gasteiger partial charge on any atom is -0.444 e. The van der Waals surface area contributed by atoms with E-state index in [4.69, 9.17) is 4.74 Å². The van der Waals surface area contributed by atoms with Crippen LogP contribution in [0.5, 0.6) is 0 Å². The Labute approximate surface area is 113 Å². The van der Waals surface area contributed by atoms with Gasteiger partial charge in [0.1, 0.15) is 5.60 Å². The maximum Gasteiger partial charge on any atom is 0.410 e. The highest BCUT2D eigenvalue weighted by molar-refractivity contribution is 7.10. The van der Waals surface area contributed by atoms with Crippen molar-refractivity contribution >= 4 is 17.4 Å². The summed E-state index contributed by atoms with van der Waals surface area (Å²) in [5, 5.41) is 2.12. The standard InChI is InChI=1S/C14H21NO2S/c1-14(2,3)17-13(16)15(4)11-6-5-7-12-10(11)8-9-18-12/h8-9,11H,5-7H2,1-4H3/t11-/m0/s1. The van der Waals surface area contributed by atoms with Gasteiger partial charge in [-0.2, -0.15) is 0 Å². The number of aryl methyl sites for hydroxylation is 1. The first-order chi connectivity index (χ1) is 8.38. The maximum atomic E-state index is 12.1. The van der Waals surface area contributed by atoms with Crippen molar-refractivity contribution in [3.63, 3.8) is 0 Å². The summed E-state index contributed by atoms with van der Waals surface area (Å²) < 4.78 is 5.43. The summed E-state index contributed by atoms with van der Waals surface area (Å²) in [6.45, 7) is 5.70. The zero-order chi connectivity index (χ0) is 13.3. The molecule has 0 fully saturated rings. The van der Waals surface area contributed by atoms with Gasteiger partial charge in [0.2, 0.25) is 0 Å². The van der Waals surface area contributed by atoms with E-state index in [9.17, 15) is 4.79 Å². The maximum absolute atomic E-state index is 12.1. The summed E-state index contributed by atoms with van der Waals surface area (Å²) in [6.07, 6.45) is 3.09. The van der Waals surface area contributed by atoms with Crippen LogP contribution in [0.3, 0.4) is 0 Å². The lowest BCUT2D eigenvalue weighted by atomic mass is 9.93. The first-order valence-electron chi connectivity index (χ1n) is 6.40.